The lowest BCUT2D eigenvalue weighted by atomic mass is 9.88. The SMILES string of the molecule is NCc1cccc(C2CCN(C(=O)c3cccc(-c4ccccc4CCO)c3)CC2)c1. The van der Waals surface area contributed by atoms with Gasteiger partial charge in [-0.2, -0.15) is 0 Å². The second kappa shape index (κ2) is 9.90. The molecule has 1 amide bonds. The molecule has 3 aromatic rings. The minimum Gasteiger partial charge on any atom is -0.396 e. The van der Waals surface area contributed by atoms with Crippen LogP contribution in [0.1, 0.15) is 45.8 Å². The quantitative estimate of drug-likeness (QED) is 0.630. The second-order valence-corrected chi connectivity index (χ2v) is 8.23. The van der Waals surface area contributed by atoms with Crippen LogP contribution in [0.2, 0.25) is 0 Å². The summed E-state index contributed by atoms with van der Waals surface area (Å²) in [5, 5.41) is 9.37. The van der Waals surface area contributed by atoms with Crippen molar-refractivity contribution in [2.24, 2.45) is 5.73 Å². The molecule has 3 N–H and O–H groups in total. The van der Waals surface area contributed by atoms with Gasteiger partial charge in [-0.05, 0) is 65.1 Å². The fourth-order valence-electron chi connectivity index (χ4n) is 4.53. The van der Waals surface area contributed by atoms with Gasteiger partial charge in [0.2, 0.25) is 0 Å². The molecule has 0 unspecified atom stereocenters. The molecule has 0 bridgehead atoms. The van der Waals surface area contributed by atoms with Crippen molar-refractivity contribution >= 4 is 5.91 Å². The van der Waals surface area contributed by atoms with Gasteiger partial charge >= 0.3 is 0 Å². The summed E-state index contributed by atoms with van der Waals surface area (Å²) in [4.78, 5) is 15.2. The highest BCUT2D eigenvalue weighted by molar-refractivity contribution is 5.95. The lowest BCUT2D eigenvalue weighted by molar-refractivity contribution is 0.0713. The highest BCUT2D eigenvalue weighted by Crippen LogP contribution is 2.30. The smallest absolute Gasteiger partial charge is 0.253 e. The third-order valence-electron chi connectivity index (χ3n) is 6.26. The molecular formula is C27H30N2O2. The number of piperidine rings is 1. The van der Waals surface area contributed by atoms with Crippen molar-refractivity contribution in [3.05, 3.63) is 95.1 Å². The second-order valence-electron chi connectivity index (χ2n) is 8.23. The molecule has 3 aromatic carbocycles. The summed E-state index contributed by atoms with van der Waals surface area (Å²) in [6, 6.07) is 24.4. The molecular weight excluding hydrogens is 384 g/mol. The van der Waals surface area contributed by atoms with Crippen LogP contribution in [0.15, 0.2) is 72.8 Å². The van der Waals surface area contributed by atoms with Crippen LogP contribution in [0.3, 0.4) is 0 Å². The van der Waals surface area contributed by atoms with Gasteiger partial charge in [-0.3, -0.25) is 4.79 Å². The van der Waals surface area contributed by atoms with Crippen LogP contribution in [-0.4, -0.2) is 35.6 Å². The summed E-state index contributed by atoms with van der Waals surface area (Å²) in [7, 11) is 0. The van der Waals surface area contributed by atoms with Gasteiger partial charge in [0.15, 0.2) is 0 Å². The van der Waals surface area contributed by atoms with Gasteiger partial charge in [0.05, 0.1) is 0 Å². The zero-order valence-corrected chi connectivity index (χ0v) is 17.8. The fraction of sp³-hybridized carbons (Fsp3) is 0.296. The van der Waals surface area contributed by atoms with Crippen LogP contribution >= 0.6 is 0 Å². The van der Waals surface area contributed by atoms with Gasteiger partial charge in [0.1, 0.15) is 0 Å². The molecule has 1 aliphatic heterocycles. The Kier molecular flexibility index (Phi) is 6.80. The van der Waals surface area contributed by atoms with E-state index in [2.05, 4.69) is 30.3 Å². The maximum absolute atomic E-state index is 13.2. The molecule has 4 heteroatoms. The van der Waals surface area contributed by atoms with Crippen LogP contribution in [0.4, 0.5) is 0 Å². The molecule has 160 valence electrons. The molecule has 0 aliphatic carbocycles. The Morgan fingerprint density at radius 3 is 2.52 bits per heavy atom. The predicted molar refractivity (Wildman–Crippen MR) is 125 cm³/mol. The van der Waals surface area contributed by atoms with Gasteiger partial charge in [-0.25, -0.2) is 0 Å². The maximum atomic E-state index is 13.2. The van der Waals surface area contributed by atoms with Crippen LogP contribution in [0.25, 0.3) is 11.1 Å². The lowest BCUT2D eigenvalue weighted by Crippen LogP contribution is -2.37. The number of rotatable bonds is 6. The first kappa shape index (κ1) is 21.3. The monoisotopic (exact) mass is 414 g/mol. The van der Waals surface area contributed by atoms with E-state index in [9.17, 15) is 9.90 Å². The number of likely N-dealkylation sites (tertiary alicyclic amines) is 1. The third-order valence-corrected chi connectivity index (χ3v) is 6.26. The van der Waals surface area contributed by atoms with Gasteiger partial charge in [-0.1, -0.05) is 60.7 Å². The summed E-state index contributed by atoms with van der Waals surface area (Å²) in [6.45, 7) is 2.20. The molecule has 1 fully saturated rings. The third kappa shape index (κ3) is 4.87. The number of carbonyl (C=O) groups excluding carboxylic acids is 1. The zero-order valence-electron chi connectivity index (χ0n) is 17.8. The zero-order chi connectivity index (χ0) is 21.6. The number of carbonyl (C=O) groups is 1. The first-order chi connectivity index (χ1) is 15.2. The molecule has 1 heterocycles. The molecule has 31 heavy (non-hydrogen) atoms. The van der Waals surface area contributed by atoms with Gasteiger partial charge < -0.3 is 15.7 Å². The molecule has 0 radical (unpaired) electrons. The first-order valence-electron chi connectivity index (χ1n) is 11.1. The van der Waals surface area contributed by atoms with E-state index >= 15 is 0 Å². The van der Waals surface area contributed by atoms with Gasteiger partial charge in [0, 0.05) is 31.8 Å². The lowest BCUT2D eigenvalue weighted by Gasteiger charge is -2.32. The topological polar surface area (TPSA) is 66.6 Å². The molecule has 0 aromatic heterocycles. The van der Waals surface area contributed by atoms with Crippen molar-refractivity contribution in [2.75, 3.05) is 19.7 Å². The number of hydrogen-bond donors (Lipinski definition) is 2. The summed E-state index contributed by atoms with van der Waals surface area (Å²) < 4.78 is 0. The molecule has 4 nitrogen and oxygen atoms in total. The van der Waals surface area contributed by atoms with Crippen LogP contribution in [-0.2, 0) is 13.0 Å². The Morgan fingerprint density at radius 2 is 1.74 bits per heavy atom. The van der Waals surface area contributed by atoms with Crippen molar-refractivity contribution in [3.63, 3.8) is 0 Å². The number of benzene rings is 3. The number of nitrogens with zero attached hydrogens (tertiary/aromatic N) is 1. The molecule has 1 saturated heterocycles. The minimum atomic E-state index is 0.0932. The average molecular weight is 415 g/mol. The summed E-state index contributed by atoms with van der Waals surface area (Å²) >= 11 is 0. The normalized spacial score (nSPS) is 14.6. The van der Waals surface area contributed by atoms with Crippen molar-refractivity contribution in [3.8, 4) is 11.1 Å². The molecule has 0 saturated carbocycles. The number of amides is 1. The first-order valence-corrected chi connectivity index (χ1v) is 11.1. The van der Waals surface area contributed by atoms with Crippen LogP contribution in [0, 0.1) is 0 Å². The highest BCUT2D eigenvalue weighted by Gasteiger charge is 2.25. The van der Waals surface area contributed by atoms with E-state index in [1.807, 2.05) is 47.4 Å². The van der Waals surface area contributed by atoms with E-state index in [0.717, 1.165) is 53.7 Å². The highest BCUT2D eigenvalue weighted by atomic mass is 16.3. The summed E-state index contributed by atoms with van der Waals surface area (Å²) in [6.07, 6.45) is 2.55. The Balaban J connectivity index is 1.47. The van der Waals surface area contributed by atoms with E-state index in [1.165, 1.54) is 5.56 Å². The van der Waals surface area contributed by atoms with E-state index in [-0.39, 0.29) is 12.5 Å². The standard InChI is InChI=1S/C27H30N2O2/c28-19-20-5-3-7-23(17-20)21-11-14-29(15-12-21)27(31)25-9-4-8-24(18-25)26-10-2-1-6-22(26)13-16-30/h1-10,17-18,21,30H,11-16,19,28H2. The average Bonchev–Trinajstić information content (AvgIpc) is 2.84. The van der Waals surface area contributed by atoms with E-state index in [1.54, 1.807) is 0 Å². The van der Waals surface area contributed by atoms with Crippen molar-refractivity contribution in [1.29, 1.82) is 0 Å². The van der Waals surface area contributed by atoms with Gasteiger partial charge in [-0.15, -0.1) is 0 Å². The summed E-state index contributed by atoms with van der Waals surface area (Å²) in [5.41, 5.74) is 12.2. The number of hydrogen-bond acceptors (Lipinski definition) is 3. The molecule has 0 spiro atoms. The van der Waals surface area contributed by atoms with Crippen molar-refractivity contribution in [2.45, 2.75) is 31.7 Å². The Hall–Kier alpha value is -2.95. The maximum Gasteiger partial charge on any atom is 0.253 e. The van der Waals surface area contributed by atoms with Crippen LogP contribution < -0.4 is 5.73 Å². The fourth-order valence-corrected chi connectivity index (χ4v) is 4.53. The molecule has 4 rings (SSSR count). The number of aliphatic hydroxyl groups excluding tert-OH is 1. The van der Waals surface area contributed by atoms with Crippen molar-refractivity contribution < 1.29 is 9.90 Å². The number of nitrogens with two attached hydrogens (primary N) is 1. The Bertz CT molecular complexity index is 1040. The number of aliphatic hydroxyl groups is 1. The predicted octanol–water partition coefficient (Wildman–Crippen LogP) is 4.37. The molecule has 0 atom stereocenters. The van der Waals surface area contributed by atoms with Gasteiger partial charge in [0.25, 0.3) is 5.91 Å². The Morgan fingerprint density at radius 1 is 0.968 bits per heavy atom. The van der Waals surface area contributed by atoms with E-state index in [0.29, 0.717) is 18.9 Å². The Labute approximate surface area is 184 Å². The minimum absolute atomic E-state index is 0.0932. The van der Waals surface area contributed by atoms with Crippen LogP contribution in [0.5, 0.6) is 0 Å². The van der Waals surface area contributed by atoms with Crippen molar-refractivity contribution in [1.82, 2.24) is 4.90 Å². The molecule has 1 aliphatic rings. The largest absolute Gasteiger partial charge is 0.396 e. The summed E-state index contributed by atoms with van der Waals surface area (Å²) in [5.74, 6) is 0.572. The van der Waals surface area contributed by atoms with E-state index < -0.39 is 0 Å². The van der Waals surface area contributed by atoms with E-state index in [4.69, 9.17) is 5.73 Å².